The van der Waals surface area contributed by atoms with Crippen LogP contribution in [0.3, 0.4) is 0 Å². The van der Waals surface area contributed by atoms with E-state index in [4.69, 9.17) is 10.2 Å². The van der Waals surface area contributed by atoms with E-state index < -0.39 is 11.9 Å². The lowest BCUT2D eigenvalue weighted by molar-refractivity contribution is -0.137. The van der Waals surface area contributed by atoms with Crippen LogP contribution in [0.1, 0.15) is 12.8 Å². The Morgan fingerprint density at radius 1 is 1.09 bits per heavy atom. The predicted molar refractivity (Wildman–Crippen MR) is 79.3 cm³/mol. The van der Waals surface area contributed by atoms with Crippen molar-refractivity contribution in [3.8, 4) is 11.4 Å². The van der Waals surface area contributed by atoms with Gasteiger partial charge in [-0.2, -0.15) is 0 Å². The summed E-state index contributed by atoms with van der Waals surface area (Å²) in [4.78, 5) is 27.3. The first kappa shape index (κ1) is 16.6. The van der Waals surface area contributed by atoms with Gasteiger partial charge in [0.05, 0.1) is 31.4 Å². The molecule has 0 aliphatic rings. The molecule has 0 atom stereocenters. The molecular formula is C14H17N5O4. The molecule has 2 aromatic heterocycles. The molecule has 23 heavy (non-hydrogen) atoms. The van der Waals surface area contributed by atoms with Crippen molar-refractivity contribution in [3.05, 3.63) is 30.6 Å². The molecular weight excluding hydrogens is 302 g/mol. The van der Waals surface area contributed by atoms with E-state index in [1.807, 2.05) is 6.07 Å². The van der Waals surface area contributed by atoms with Crippen LogP contribution in [0, 0.1) is 0 Å². The topological polar surface area (TPSA) is 121 Å². The normalized spacial score (nSPS) is 10.8. The Labute approximate surface area is 132 Å². The summed E-state index contributed by atoms with van der Waals surface area (Å²) < 4.78 is 1.54. The number of aliphatic carboxylic acids is 2. The summed E-state index contributed by atoms with van der Waals surface area (Å²) in [7, 11) is 0. The fraction of sp³-hybridized carbons (Fsp3) is 0.357. The van der Waals surface area contributed by atoms with Crippen LogP contribution in [-0.2, 0) is 16.3 Å². The molecule has 0 fully saturated rings. The van der Waals surface area contributed by atoms with Gasteiger partial charge in [-0.1, -0.05) is 11.3 Å². The Morgan fingerprint density at radius 3 is 2.35 bits per heavy atom. The van der Waals surface area contributed by atoms with Gasteiger partial charge in [-0.25, -0.2) is 4.68 Å². The standard InChI is InChI=1S/C14H17N5O4/c20-13(21)4-7-18(8-5-14(22)23)10-19-9-12(16-17-19)11-3-1-2-6-15-11/h1-3,6,9H,4-5,7-8,10H2,(H,20,21)(H,22,23). The number of carboxylic acids is 2. The fourth-order valence-electron chi connectivity index (χ4n) is 1.96. The van der Waals surface area contributed by atoms with E-state index in [0.29, 0.717) is 11.4 Å². The van der Waals surface area contributed by atoms with E-state index in [-0.39, 0.29) is 32.6 Å². The summed E-state index contributed by atoms with van der Waals surface area (Å²) in [6, 6.07) is 5.45. The molecule has 2 heterocycles. The van der Waals surface area contributed by atoms with Crippen LogP contribution < -0.4 is 0 Å². The average molecular weight is 319 g/mol. The van der Waals surface area contributed by atoms with Crippen LogP contribution in [0.4, 0.5) is 0 Å². The monoisotopic (exact) mass is 319 g/mol. The first-order valence-electron chi connectivity index (χ1n) is 7.02. The van der Waals surface area contributed by atoms with Crippen LogP contribution in [0.2, 0.25) is 0 Å². The Kier molecular flexibility index (Phi) is 5.75. The quantitative estimate of drug-likeness (QED) is 0.687. The van der Waals surface area contributed by atoms with E-state index in [2.05, 4.69) is 15.3 Å². The van der Waals surface area contributed by atoms with Gasteiger partial charge in [-0.05, 0) is 12.1 Å². The third kappa shape index (κ3) is 5.47. The van der Waals surface area contributed by atoms with Gasteiger partial charge in [-0.3, -0.25) is 19.5 Å². The van der Waals surface area contributed by atoms with E-state index in [1.165, 1.54) is 4.68 Å². The first-order chi connectivity index (χ1) is 11.0. The molecule has 0 unspecified atom stereocenters. The largest absolute Gasteiger partial charge is 0.481 e. The van der Waals surface area contributed by atoms with E-state index >= 15 is 0 Å². The zero-order valence-corrected chi connectivity index (χ0v) is 12.4. The zero-order chi connectivity index (χ0) is 16.7. The lowest BCUT2D eigenvalue weighted by Crippen LogP contribution is -2.31. The number of nitrogens with zero attached hydrogens (tertiary/aromatic N) is 5. The van der Waals surface area contributed by atoms with Crippen molar-refractivity contribution < 1.29 is 19.8 Å². The van der Waals surface area contributed by atoms with Crippen molar-refractivity contribution in [2.24, 2.45) is 0 Å². The molecule has 0 bridgehead atoms. The van der Waals surface area contributed by atoms with Crippen molar-refractivity contribution in [1.29, 1.82) is 0 Å². The Balaban J connectivity index is 2.02. The highest BCUT2D eigenvalue weighted by Crippen LogP contribution is 2.12. The third-order valence-corrected chi connectivity index (χ3v) is 3.09. The number of carbonyl (C=O) groups is 2. The van der Waals surface area contributed by atoms with Crippen molar-refractivity contribution >= 4 is 11.9 Å². The molecule has 0 aliphatic carbocycles. The molecule has 0 saturated carbocycles. The SMILES string of the molecule is O=C(O)CCN(CCC(=O)O)Cn1cc(-c2ccccn2)nn1. The lowest BCUT2D eigenvalue weighted by Gasteiger charge is -2.20. The average Bonchev–Trinajstić information content (AvgIpc) is 2.99. The van der Waals surface area contributed by atoms with Crippen molar-refractivity contribution in [3.63, 3.8) is 0 Å². The highest BCUT2D eigenvalue weighted by molar-refractivity contribution is 5.67. The second kappa shape index (κ2) is 7.99. The molecule has 2 rings (SSSR count). The van der Waals surface area contributed by atoms with Crippen LogP contribution in [0.25, 0.3) is 11.4 Å². The molecule has 0 radical (unpaired) electrons. The van der Waals surface area contributed by atoms with Gasteiger partial charge in [0.15, 0.2) is 0 Å². The lowest BCUT2D eigenvalue weighted by atomic mass is 10.3. The van der Waals surface area contributed by atoms with Gasteiger partial charge >= 0.3 is 11.9 Å². The number of hydrogen-bond donors (Lipinski definition) is 2. The third-order valence-electron chi connectivity index (χ3n) is 3.09. The maximum atomic E-state index is 10.7. The number of pyridine rings is 1. The van der Waals surface area contributed by atoms with Gasteiger partial charge in [0.1, 0.15) is 5.69 Å². The Morgan fingerprint density at radius 2 is 1.78 bits per heavy atom. The molecule has 0 saturated heterocycles. The van der Waals surface area contributed by atoms with Gasteiger partial charge in [-0.15, -0.1) is 5.10 Å². The first-order valence-corrected chi connectivity index (χ1v) is 7.02. The summed E-state index contributed by atoms with van der Waals surface area (Å²) in [5.41, 5.74) is 1.28. The number of hydrogen-bond acceptors (Lipinski definition) is 6. The second-order valence-electron chi connectivity index (χ2n) is 4.91. The molecule has 0 aliphatic heterocycles. The fourth-order valence-corrected chi connectivity index (χ4v) is 1.96. The van der Waals surface area contributed by atoms with Gasteiger partial charge < -0.3 is 10.2 Å². The van der Waals surface area contributed by atoms with E-state index in [1.54, 1.807) is 29.4 Å². The molecule has 2 aromatic rings. The van der Waals surface area contributed by atoms with Crippen LogP contribution in [-0.4, -0.2) is 60.1 Å². The summed E-state index contributed by atoms with van der Waals surface area (Å²) in [5.74, 6) is -1.86. The summed E-state index contributed by atoms with van der Waals surface area (Å²) in [5, 5.41) is 25.5. The minimum atomic E-state index is -0.932. The smallest absolute Gasteiger partial charge is 0.304 e. The highest BCUT2D eigenvalue weighted by atomic mass is 16.4. The summed E-state index contributed by atoms with van der Waals surface area (Å²) in [6.45, 7) is 0.739. The van der Waals surface area contributed by atoms with Crippen molar-refractivity contribution in [2.75, 3.05) is 13.1 Å². The van der Waals surface area contributed by atoms with Crippen LogP contribution >= 0.6 is 0 Å². The molecule has 9 nitrogen and oxygen atoms in total. The van der Waals surface area contributed by atoms with Gasteiger partial charge in [0.25, 0.3) is 0 Å². The maximum absolute atomic E-state index is 10.7. The van der Waals surface area contributed by atoms with Crippen molar-refractivity contribution in [1.82, 2.24) is 24.9 Å². The Hall–Kier alpha value is -2.81. The molecule has 0 spiro atoms. The predicted octanol–water partition coefficient (Wildman–Crippen LogP) is 0.549. The summed E-state index contributed by atoms with van der Waals surface area (Å²) in [6.07, 6.45) is 3.21. The minimum Gasteiger partial charge on any atom is -0.481 e. The molecule has 0 aromatic carbocycles. The number of rotatable bonds is 9. The Bertz CT molecular complexity index is 640. The second-order valence-corrected chi connectivity index (χ2v) is 4.91. The van der Waals surface area contributed by atoms with E-state index in [0.717, 1.165) is 0 Å². The molecule has 9 heteroatoms. The highest BCUT2D eigenvalue weighted by Gasteiger charge is 2.12. The maximum Gasteiger partial charge on any atom is 0.304 e. The van der Waals surface area contributed by atoms with Crippen LogP contribution in [0.15, 0.2) is 30.6 Å². The van der Waals surface area contributed by atoms with Gasteiger partial charge in [0, 0.05) is 19.3 Å². The number of carboxylic acid groups (broad SMARTS) is 2. The summed E-state index contributed by atoms with van der Waals surface area (Å²) >= 11 is 0. The zero-order valence-electron chi connectivity index (χ0n) is 12.4. The van der Waals surface area contributed by atoms with E-state index in [9.17, 15) is 9.59 Å². The van der Waals surface area contributed by atoms with Crippen molar-refractivity contribution in [2.45, 2.75) is 19.5 Å². The van der Waals surface area contributed by atoms with Crippen LogP contribution in [0.5, 0.6) is 0 Å². The molecule has 0 amide bonds. The minimum absolute atomic E-state index is 0.0680. The number of aromatic nitrogens is 4. The molecule has 122 valence electrons. The van der Waals surface area contributed by atoms with Gasteiger partial charge in [0.2, 0.25) is 0 Å². The molecule has 2 N–H and O–H groups in total.